The summed E-state index contributed by atoms with van der Waals surface area (Å²) in [5.41, 5.74) is 6.27. The third-order valence-electron chi connectivity index (χ3n) is 5.45. The minimum Gasteiger partial charge on any atom is -1.00 e. The van der Waals surface area contributed by atoms with Crippen LogP contribution in [-0.2, 0) is 22.6 Å². The Morgan fingerprint density at radius 1 is 0.853 bits per heavy atom. The molecule has 0 saturated heterocycles. The first-order valence-electron chi connectivity index (χ1n) is 11.7. The van der Waals surface area contributed by atoms with Crippen LogP contribution in [0.3, 0.4) is 0 Å². The van der Waals surface area contributed by atoms with Crippen LogP contribution in [0.25, 0.3) is 0 Å². The molecule has 0 radical (unpaired) electrons. The number of unbranched alkanes of at least 4 members (excludes halogenated alkanes) is 5. The lowest BCUT2D eigenvalue weighted by atomic mass is 10.1. The lowest BCUT2D eigenvalue weighted by molar-refractivity contribution is -0.425. The highest BCUT2D eigenvalue weighted by Crippen LogP contribution is 2.15. The van der Waals surface area contributed by atoms with Gasteiger partial charge in [0.15, 0.2) is 0 Å². The largest absolute Gasteiger partial charge is 1.00 e. The minimum absolute atomic E-state index is 0. The summed E-state index contributed by atoms with van der Waals surface area (Å²) in [6.07, 6.45) is 6.35. The molecule has 2 rings (SSSR count). The van der Waals surface area contributed by atoms with Gasteiger partial charge in [0.25, 0.3) is 0 Å². The van der Waals surface area contributed by atoms with Gasteiger partial charge in [0.1, 0.15) is 24.9 Å². The Morgan fingerprint density at radius 3 is 2.06 bits per heavy atom. The first kappa shape index (κ1) is 29.4. The molecule has 1 atom stereocenters. The molecule has 1 amide bonds. The Labute approximate surface area is 208 Å². The number of aliphatic carboxylic acids is 1. The summed E-state index contributed by atoms with van der Waals surface area (Å²) in [6.45, 7) is 0.713. The first-order valence-corrected chi connectivity index (χ1v) is 11.7. The van der Waals surface area contributed by atoms with Crippen LogP contribution >= 0.6 is 0 Å². The second kappa shape index (κ2) is 16.9. The fourth-order valence-corrected chi connectivity index (χ4v) is 3.60. The van der Waals surface area contributed by atoms with Crippen molar-refractivity contribution in [2.24, 2.45) is 0 Å². The van der Waals surface area contributed by atoms with Crippen molar-refractivity contribution in [3.63, 3.8) is 0 Å². The Bertz CT molecular complexity index is 833. The van der Waals surface area contributed by atoms with Crippen LogP contribution in [-0.4, -0.2) is 39.8 Å². The van der Waals surface area contributed by atoms with E-state index in [0.29, 0.717) is 25.9 Å². The fourth-order valence-electron chi connectivity index (χ4n) is 3.60. The molecule has 0 heterocycles. The van der Waals surface area contributed by atoms with Gasteiger partial charge in [0.2, 0.25) is 5.91 Å². The Morgan fingerprint density at radius 2 is 1.44 bits per heavy atom. The SMILES string of the molecule is [Cl-].[NH3+][C@@H](Cc1ccc(OCc2ccccc2)cc1)CN(O)C(=O)CCCCCCCCC(=O)O. The summed E-state index contributed by atoms with van der Waals surface area (Å²) in [5.74, 6) is -0.236. The molecule has 7 nitrogen and oxygen atoms in total. The molecule has 0 aliphatic rings. The number of ether oxygens (including phenoxy) is 1. The standard InChI is InChI=1S/C26H36N2O5.ClH/c27-23(19-28(32)25(29)12-8-3-1-2-4-9-13-26(30)31)18-21-14-16-24(17-15-21)33-20-22-10-6-5-7-11-22;/h5-7,10-11,14-17,23,32H,1-4,8-9,12-13,18-20,27H2,(H,30,31);1H/t23-;/m0./s1. The predicted octanol–water partition coefficient (Wildman–Crippen LogP) is 0.846. The normalized spacial score (nSPS) is 11.4. The second-order valence-electron chi connectivity index (χ2n) is 8.48. The maximum atomic E-state index is 12.1. The highest BCUT2D eigenvalue weighted by Gasteiger charge is 2.17. The van der Waals surface area contributed by atoms with Gasteiger partial charge in [-0.15, -0.1) is 0 Å². The number of carboxylic acids is 1. The minimum atomic E-state index is -0.753. The van der Waals surface area contributed by atoms with E-state index in [1.54, 1.807) is 0 Å². The van der Waals surface area contributed by atoms with E-state index in [-0.39, 0.29) is 37.3 Å². The van der Waals surface area contributed by atoms with Crippen LogP contribution in [0, 0.1) is 0 Å². The average Bonchev–Trinajstić information content (AvgIpc) is 2.80. The summed E-state index contributed by atoms with van der Waals surface area (Å²) in [7, 11) is 0. The van der Waals surface area contributed by atoms with Gasteiger partial charge in [0.05, 0.1) is 0 Å². The number of carbonyl (C=O) groups excluding carboxylic acids is 1. The summed E-state index contributed by atoms with van der Waals surface area (Å²) < 4.78 is 5.80. The van der Waals surface area contributed by atoms with Gasteiger partial charge in [-0.2, -0.15) is 0 Å². The van der Waals surface area contributed by atoms with E-state index in [1.807, 2.05) is 54.6 Å². The van der Waals surface area contributed by atoms with Crippen LogP contribution in [0.15, 0.2) is 54.6 Å². The molecule has 0 unspecified atom stereocenters. The average molecular weight is 493 g/mol. The smallest absolute Gasteiger partial charge is 0.303 e. The van der Waals surface area contributed by atoms with Gasteiger partial charge in [-0.3, -0.25) is 14.8 Å². The second-order valence-corrected chi connectivity index (χ2v) is 8.48. The van der Waals surface area contributed by atoms with Gasteiger partial charge >= 0.3 is 5.97 Å². The number of rotatable bonds is 16. The summed E-state index contributed by atoms with van der Waals surface area (Å²) in [5, 5.41) is 19.5. The molecule has 0 aliphatic carbocycles. The van der Waals surface area contributed by atoms with Gasteiger partial charge < -0.3 is 28.0 Å². The van der Waals surface area contributed by atoms with E-state index in [2.05, 4.69) is 5.73 Å². The van der Waals surface area contributed by atoms with E-state index in [0.717, 1.165) is 54.0 Å². The van der Waals surface area contributed by atoms with Crippen molar-refractivity contribution in [2.75, 3.05) is 6.54 Å². The molecule has 0 fully saturated rings. The zero-order valence-corrected chi connectivity index (χ0v) is 20.5. The number of benzene rings is 2. The monoisotopic (exact) mass is 492 g/mol. The van der Waals surface area contributed by atoms with Crippen LogP contribution < -0.4 is 22.9 Å². The molecule has 34 heavy (non-hydrogen) atoms. The summed E-state index contributed by atoms with van der Waals surface area (Å²) >= 11 is 0. The number of hydrogen-bond acceptors (Lipinski definition) is 4. The highest BCUT2D eigenvalue weighted by atomic mass is 35.5. The Kier molecular flexibility index (Phi) is 14.6. The van der Waals surface area contributed by atoms with Crippen molar-refractivity contribution in [2.45, 2.75) is 70.4 Å². The number of nitrogens with zero attached hydrogens (tertiary/aromatic N) is 1. The lowest BCUT2D eigenvalue weighted by Crippen LogP contribution is -3.00. The van der Waals surface area contributed by atoms with Crippen molar-refractivity contribution < 1.29 is 42.8 Å². The van der Waals surface area contributed by atoms with Crippen molar-refractivity contribution in [1.82, 2.24) is 5.06 Å². The zero-order valence-electron chi connectivity index (χ0n) is 19.7. The molecule has 0 saturated carbocycles. The van der Waals surface area contributed by atoms with E-state index in [1.165, 1.54) is 0 Å². The van der Waals surface area contributed by atoms with Gasteiger partial charge in [0, 0.05) is 19.3 Å². The number of carboxylic acid groups (broad SMARTS) is 1. The molecule has 5 N–H and O–H groups in total. The summed E-state index contributed by atoms with van der Waals surface area (Å²) in [6, 6.07) is 17.7. The van der Waals surface area contributed by atoms with Crippen LogP contribution in [0.4, 0.5) is 0 Å². The highest BCUT2D eigenvalue weighted by molar-refractivity contribution is 5.74. The first-order chi connectivity index (χ1) is 15.9. The molecule has 0 spiro atoms. The Balaban J connectivity index is 0.00000578. The number of halogens is 1. The van der Waals surface area contributed by atoms with E-state index in [4.69, 9.17) is 9.84 Å². The number of quaternary nitrogens is 1. The van der Waals surface area contributed by atoms with Gasteiger partial charge in [-0.1, -0.05) is 68.1 Å². The maximum Gasteiger partial charge on any atom is 0.303 e. The molecule has 8 heteroatoms. The molecule has 0 bridgehead atoms. The van der Waals surface area contributed by atoms with Crippen molar-refractivity contribution >= 4 is 11.9 Å². The topological polar surface area (TPSA) is 115 Å². The molecular weight excluding hydrogens is 456 g/mol. The van der Waals surface area contributed by atoms with Gasteiger partial charge in [-0.25, -0.2) is 5.06 Å². The molecular formula is C26H37ClN2O5. The molecule has 0 aromatic heterocycles. The van der Waals surface area contributed by atoms with Crippen molar-refractivity contribution in [3.05, 3.63) is 65.7 Å². The van der Waals surface area contributed by atoms with Crippen molar-refractivity contribution in [3.8, 4) is 5.75 Å². The molecule has 188 valence electrons. The maximum absolute atomic E-state index is 12.1. The van der Waals surface area contributed by atoms with Gasteiger partial charge in [-0.05, 0) is 36.1 Å². The van der Waals surface area contributed by atoms with Crippen LogP contribution in [0.1, 0.15) is 62.5 Å². The van der Waals surface area contributed by atoms with E-state index in [9.17, 15) is 14.8 Å². The zero-order chi connectivity index (χ0) is 23.9. The van der Waals surface area contributed by atoms with E-state index < -0.39 is 5.97 Å². The third-order valence-corrected chi connectivity index (χ3v) is 5.45. The number of carbonyl (C=O) groups is 2. The predicted molar refractivity (Wildman–Crippen MR) is 126 cm³/mol. The summed E-state index contributed by atoms with van der Waals surface area (Å²) in [4.78, 5) is 22.6. The quantitative estimate of drug-likeness (QED) is 0.182. The Hall–Kier alpha value is -2.61. The third kappa shape index (κ3) is 12.6. The molecule has 2 aromatic carbocycles. The number of amides is 1. The van der Waals surface area contributed by atoms with E-state index >= 15 is 0 Å². The molecule has 2 aromatic rings. The van der Waals surface area contributed by atoms with Crippen LogP contribution in [0.5, 0.6) is 5.75 Å². The van der Waals surface area contributed by atoms with Crippen molar-refractivity contribution in [1.29, 1.82) is 0 Å². The fraction of sp³-hybridized carbons (Fsp3) is 0.462. The molecule has 0 aliphatic heterocycles. The number of hydroxylamine groups is 2. The number of hydrogen-bond donors (Lipinski definition) is 3. The lowest BCUT2D eigenvalue weighted by Gasteiger charge is -2.18. The van der Waals surface area contributed by atoms with Crippen LogP contribution in [0.2, 0.25) is 0 Å².